The number of benzene rings is 1. The molecular formula is C26H29FN8O4. The molecular weight excluding hydrogens is 507 g/mol. The number of carbonyl (C=O) groups excluding carboxylic acids is 3. The van der Waals surface area contributed by atoms with Gasteiger partial charge in [0.1, 0.15) is 23.9 Å². The lowest BCUT2D eigenvalue weighted by Crippen LogP contribution is -2.44. The Morgan fingerprint density at radius 1 is 1.10 bits per heavy atom. The van der Waals surface area contributed by atoms with Gasteiger partial charge in [-0.3, -0.25) is 9.59 Å². The van der Waals surface area contributed by atoms with E-state index in [1.54, 1.807) is 30.0 Å². The number of rotatable bonds is 6. The van der Waals surface area contributed by atoms with Gasteiger partial charge in [-0.05, 0) is 72.0 Å². The van der Waals surface area contributed by atoms with Crippen LogP contribution in [0.2, 0.25) is 0 Å². The van der Waals surface area contributed by atoms with E-state index in [0.717, 1.165) is 37.1 Å². The number of aromatic nitrogens is 5. The first-order valence-electron chi connectivity index (χ1n) is 12.9. The van der Waals surface area contributed by atoms with Gasteiger partial charge in [-0.25, -0.2) is 18.9 Å². The van der Waals surface area contributed by atoms with Crippen LogP contribution in [0.1, 0.15) is 54.2 Å². The van der Waals surface area contributed by atoms with Crippen molar-refractivity contribution in [2.24, 2.45) is 0 Å². The molecule has 0 bridgehead atoms. The van der Waals surface area contributed by atoms with E-state index < -0.39 is 17.7 Å². The van der Waals surface area contributed by atoms with Crippen LogP contribution in [0.5, 0.6) is 0 Å². The molecule has 204 valence electrons. The number of anilines is 1. The molecule has 2 aliphatic heterocycles. The molecule has 3 aromatic rings. The van der Waals surface area contributed by atoms with E-state index in [0.29, 0.717) is 31.0 Å². The van der Waals surface area contributed by atoms with Crippen molar-refractivity contribution in [2.75, 3.05) is 31.6 Å². The van der Waals surface area contributed by atoms with Crippen molar-refractivity contribution in [1.29, 1.82) is 0 Å². The van der Waals surface area contributed by atoms with E-state index in [-0.39, 0.29) is 30.1 Å². The lowest BCUT2D eigenvalue weighted by molar-refractivity contribution is -0.142. The van der Waals surface area contributed by atoms with Crippen molar-refractivity contribution in [2.45, 2.75) is 45.7 Å². The highest BCUT2D eigenvalue weighted by Crippen LogP contribution is 2.25. The number of amides is 3. The number of fused-ring (bicyclic) bond motifs is 1. The van der Waals surface area contributed by atoms with Gasteiger partial charge >= 0.3 is 12.0 Å². The predicted octanol–water partition coefficient (Wildman–Crippen LogP) is 2.82. The number of carbonyl (C=O) groups is 3. The fraction of sp³-hybridized carbons (Fsp3) is 0.423. The lowest BCUT2D eigenvalue weighted by atomic mass is 9.96. The maximum absolute atomic E-state index is 15.0. The van der Waals surface area contributed by atoms with Crippen LogP contribution in [-0.2, 0) is 22.5 Å². The molecule has 13 heteroatoms. The zero-order chi connectivity index (χ0) is 27.5. The summed E-state index contributed by atoms with van der Waals surface area (Å²) in [6, 6.07) is 7.43. The quantitative estimate of drug-likeness (QED) is 0.475. The number of urea groups is 1. The van der Waals surface area contributed by atoms with Crippen LogP contribution in [0.4, 0.5) is 15.0 Å². The molecule has 39 heavy (non-hydrogen) atoms. The molecule has 0 unspecified atom stereocenters. The van der Waals surface area contributed by atoms with Gasteiger partial charge in [0.05, 0.1) is 11.6 Å². The number of esters is 1. The summed E-state index contributed by atoms with van der Waals surface area (Å²) in [6.07, 6.45) is 2.54. The summed E-state index contributed by atoms with van der Waals surface area (Å²) in [5, 5.41) is 14.3. The first-order chi connectivity index (χ1) is 18.8. The Morgan fingerprint density at radius 3 is 2.67 bits per heavy atom. The molecule has 1 N–H and O–H groups in total. The monoisotopic (exact) mass is 536 g/mol. The van der Waals surface area contributed by atoms with Crippen molar-refractivity contribution >= 4 is 23.7 Å². The number of hydrogen-bond donors (Lipinski definition) is 1. The highest BCUT2D eigenvalue weighted by atomic mass is 19.1. The third-order valence-electron chi connectivity index (χ3n) is 6.85. The van der Waals surface area contributed by atoms with Crippen molar-refractivity contribution < 1.29 is 23.5 Å². The van der Waals surface area contributed by atoms with Crippen molar-refractivity contribution in [3.8, 4) is 11.5 Å². The van der Waals surface area contributed by atoms with Gasteiger partial charge in [0.2, 0.25) is 5.82 Å². The van der Waals surface area contributed by atoms with Gasteiger partial charge in [-0.15, -0.1) is 5.10 Å². The number of tetrazole rings is 1. The molecule has 5 rings (SSSR count). The smallest absolute Gasteiger partial charge is 0.320 e. The SMILES string of the molecule is CC(=O)OC[C@@H](C)n1nnnc1-c1cccc(NC(=O)c2cc3c(cc2F)CCN(C(=O)N2CCCC2)C3)n1. The van der Waals surface area contributed by atoms with Crippen LogP contribution in [0.15, 0.2) is 30.3 Å². The average Bonchev–Trinajstić information content (AvgIpc) is 3.64. The third kappa shape index (κ3) is 5.71. The normalized spacial score (nSPS) is 15.6. The standard InChI is InChI=1S/C26H29FN8O4/c1-16(15-39-17(2)36)35-24(30-31-32-35)22-6-5-7-23(28-22)29-25(37)20-12-19-14-34(11-8-18(19)13-21(20)27)26(38)33-9-3-4-10-33/h5-7,12-13,16H,3-4,8-11,14-15H2,1-2H3,(H,28,29,37)/t16-/m1/s1. The van der Waals surface area contributed by atoms with Crippen molar-refractivity contribution in [3.63, 3.8) is 0 Å². The fourth-order valence-corrected chi connectivity index (χ4v) is 4.81. The summed E-state index contributed by atoms with van der Waals surface area (Å²) < 4.78 is 21.5. The molecule has 1 saturated heterocycles. The number of nitrogens with zero attached hydrogens (tertiary/aromatic N) is 7. The summed E-state index contributed by atoms with van der Waals surface area (Å²) in [6.45, 7) is 5.52. The first kappa shape index (κ1) is 26.2. The number of pyridine rings is 1. The van der Waals surface area contributed by atoms with Gasteiger partial charge in [-0.2, -0.15) is 0 Å². The number of nitrogens with one attached hydrogen (secondary N) is 1. The van der Waals surface area contributed by atoms with E-state index in [4.69, 9.17) is 4.74 Å². The minimum Gasteiger partial charge on any atom is -0.464 e. The van der Waals surface area contributed by atoms with Crippen LogP contribution in [0.25, 0.3) is 11.5 Å². The summed E-state index contributed by atoms with van der Waals surface area (Å²) in [4.78, 5) is 45.1. The zero-order valence-corrected chi connectivity index (χ0v) is 21.8. The number of likely N-dealkylation sites (tertiary alicyclic amines) is 1. The Kier molecular flexibility index (Phi) is 7.48. The van der Waals surface area contributed by atoms with Gasteiger partial charge in [0, 0.05) is 33.1 Å². The molecule has 0 saturated carbocycles. The van der Waals surface area contributed by atoms with Gasteiger partial charge in [0.15, 0.2) is 0 Å². The molecule has 12 nitrogen and oxygen atoms in total. The summed E-state index contributed by atoms with van der Waals surface area (Å²) in [5.74, 6) is -1.22. The summed E-state index contributed by atoms with van der Waals surface area (Å²) in [7, 11) is 0. The number of hydrogen-bond acceptors (Lipinski definition) is 8. The second kappa shape index (κ2) is 11.1. The molecule has 1 atom stereocenters. The van der Waals surface area contributed by atoms with Crippen LogP contribution < -0.4 is 5.32 Å². The Balaban J connectivity index is 1.32. The lowest BCUT2D eigenvalue weighted by Gasteiger charge is -2.32. The molecule has 2 aromatic heterocycles. The Hall–Kier alpha value is -4.42. The second-order valence-electron chi connectivity index (χ2n) is 9.71. The van der Waals surface area contributed by atoms with E-state index in [1.807, 2.05) is 4.90 Å². The van der Waals surface area contributed by atoms with E-state index in [2.05, 4.69) is 25.8 Å². The largest absolute Gasteiger partial charge is 0.464 e. The van der Waals surface area contributed by atoms with Gasteiger partial charge in [0.25, 0.3) is 5.91 Å². The minimum absolute atomic E-state index is 0.0148. The molecule has 0 aliphatic carbocycles. The molecule has 1 aromatic carbocycles. The molecule has 0 spiro atoms. The van der Waals surface area contributed by atoms with Gasteiger partial charge < -0.3 is 19.9 Å². The Labute approximate surface area is 224 Å². The maximum atomic E-state index is 15.0. The van der Waals surface area contributed by atoms with Crippen molar-refractivity contribution in [1.82, 2.24) is 35.0 Å². The molecule has 1 fully saturated rings. The third-order valence-corrected chi connectivity index (χ3v) is 6.85. The second-order valence-corrected chi connectivity index (χ2v) is 9.71. The molecule has 2 aliphatic rings. The highest BCUT2D eigenvalue weighted by molar-refractivity contribution is 6.04. The highest BCUT2D eigenvalue weighted by Gasteiger charge is 2.28. The first-order valence-corrected chi connectivity index (χ1v) is 12.9. The zero-order valence-electron chi connectivity index (χ0n) is 21.8. The summed E-state index contributed by atoms with van der Waals surface area (Å²) >= 11 is 0. The molecule has 3 amide bonds. The number of ether oxygens (including phenoxy) is 1. The van der Waals surface area contributed by atoms with E-state index in [1.165, 1.54) is 23.7 Å². The Morgan fingerprint density at radius 2 is 1.90 bits per heavy atom. The topological polar surface area (TPSA) is 135 Å². The fourth-order valence-electron chi connectivity index (χ4n) is 4.81. The average molecular weight is 537 g/mol. The van der Waals surface area contributed by atoms with E-state index in [9.17, 15) is 18.8 Å². The van der Waals surface area contributed by atoms with E-state index >= 15 is 0 Å². The van der Waals surface area contributed by atoms with Crippen LogP contribution in [-0.4, -0.2) is 79.1 Å². The number of halogens is 1. The van der Waals surface area contributed by atoms with Crippen LogP contribution >= 0.6 is 0 Å². The van der Waals surface area contributed by atoms with Crippen molar-refractivity contribution in [3.05, 3.63) is 52.8 Å². The maximum Gasteiger partial charge on any atom is 0.320 e. The van der Waals surface area contributed by atoms with Gasteiger partial charge in [-0.1, -0.05) is 6.07 Å². The van der Waals surface area contributed by atoms with Crippen LogP contribution in [0, 0.1) is 5.82 Å². The minimum atomic E-state index is -0.661. The Bertz CT molecular complexity index is 1400. The predicted molar refractivity (Wildman–Crippen MR) is 137 cm³/mol. The van der Waals surface area contributed by atoms with Crippen LogP contribution in [0.3, 0.4) is 0 Å². The summed E-state index contributed by atoms with van der Waals surface area (Å²) in [5.41, 5.74) is 1.79. The molecule has 4 heterocycles. The molecule has 0 radical (unpaired) electrons.